The SMILES string of the molecule is CCOC(CCN1CCSC1=O)OCC. The lowest BCUT2D eigenvalue weighted by Crippen LogP contribution is -2.29. The zero-order chi connectivity index (χ0) is 11.1. The van der Waals surface area contributed by atoms with Gasteiger partial charge < -0.3 is 14.4 Å². The molecule has 0 aromatic rings. The maximum atomic E-state index is 11.3. The van der Waals surface area contributed by atoms with Crippen molar-refractivity contribution in [2.45, 2.75) is 26.6 Å². The molecule has 0 aromatic heterocycles. The molecule has 15 heavy (non-hydrogen) atoms. The molecule has 0 aromatic carbocycles. The van der Waals surface area contributed by atoms with Crippen LogP contribution < -0.4 is 0 Å². The van der Waals surface area contributed by atoms with Gasteiger partial charge >= 0.3 is 0 Å². The van der Waals surface area contributed by atoms with Gasteiger partial charge in [0.05, 0.1) is 0 Å². The van der Waals surface area contributed by atoms with Crippen LogP contribution in [0, 0.1) is 0 Å². The van der Waals surface area contributed by atoms with E-state index < -0.39 is 0 Å². The van der Waals surface area contributed by atoms with Crippen molar-refractivity contribution in [3.8, 4) is 0 Å². The van der Waals surface area contributed by atoms with E-state index >= 15 is 0 Å². The molecule has 1 aliphatic rings. The second kappa shape index (κ2) is 7.09. The summed E-state index contributed by atoms with van der Waals surface area (Å²) >= 11 is 1.39. The summed E-state index contributed by atoms with van der Waals surface area (Å²) in [6.07, 6.45) is 0.590. The second-order valence-electron chi connectivity index (χ2n) is 3.23. The van der Waals surface area contributed by atoms with Crippen molar-refractivity contribution < 1.29 is 14.3 Å². The molecule has 0 aliphatic carbocycles. The van der Waals surface area contributed by atoms with Gasteiger partial charge in [0, 0.05) is 38.5 Å². The summed E-state index contributed by atoms with van der Waals surface area (Å²) in [7, 11) is 0. The van der Waals surface area contributed by atoms with Crippen LogP contribution in [0.5, 0.6) is 0 Å². The number of thioether (sulfide) groups is 1. The Labute approximate surface area is 95.3 Å². The number of rotatable bonds is 7. The highest BCUT2D eigenvalue weighted by Gasteiger charge is 2.21. The van der Waals surface area contributed by atoms with Crippen LogP contribution in [0.15, 0.2) is 0 Å². The summed E-state index contributed by atoms with van der Waals surface area (Å²) in [5.74, 6) is 0.909. The highest BCUT2D eigenvalue weighted by Crippen LogP contribution is 2.18. The Morgan fingerprint density at radius 1 is 1.40 bits per heavy atom. The molecule has 1 rings (SSSR count). The summed E-state index contributed by atoms with van der Waals surface area (Å²) in [6.45, 7) is 6.78. The van der Waals surface area contributed by atoms with Gasteiger partial charge in [-0.05, 0) is 13.8 Å². The number of hydrogen-bond acceptors (Lipinski definition) is 4. The molecule has 4 nitrogen and oxygen atoms in total. The summed E-state index contributed by atoms with van der Waals surface area (Å²) in [5.41, 5.74) is 0. The molecule has 0 bridgehead atoms. The zero-order valence-electron chi connectivity index (χ0n) is 9.40. The minimum Gasteiger partial charge on any atom is -0.353 e. The molecule has 5 heteroatoms. The third-order valence-corrected chi connectivity index (χ3v) is 3.08. The van der Waals surface area contributed by atoms with Gasteiger partial charge in [-0.2, -0.15) is 0 Å². The lowest BCUT2D eigenvalue weighted by Gasteiger charge is -2.20. The molecule has 0 N–H and O–H groups in total. The minimum atomic E-state index is -0.168. The molecular weight excluding hydrogens is 214 g/mol. The van der Waals surface area contributed by atoms with Gasteiger partial charge in [0.2, 0.25) is 0 Å². The number of carbonyl (C=O) groups is 1. The molecule has 1 amide bonds. The van der Waals surface area contributed by atoms with Crippen LogP contribution in [0.1, 0.15) is 20.3 Å². The Kier molecular flexibility index (Phi) is 6.05. The number of ether oxygens (including phenoxy) is 2. The van der Waals surface area contributed by atoms with Crippen molar-refractivity contribution in [2.24, 2.45) is 0 Å². The predicted octanol–water partition coefficient (Wildman–Crippen LogP) is 1.94. The lowest BCUT2D eigenvalue weighted by atomic mass is 10.4. The Morgan fingerprint density at radius 3 is 2.53 bits per heavy atom. The van der Waals surface area contributed by atoms with E-state index in [0.29, 0.717) is 13.2 Å². The molecule has 1 heterocycles. The molecule has 0 unspecified atom stereocenters. The summed E-state index contributed by atoms with van der Waals surface area (Å²) in [6, 6.07) is 0. The van der Waals surface area contributed by atoms with Crippen molar-refractivity contribution in [3.63, 3.8) is 0 Å². The van der Waals surface area contributed by atoms with Gasteiger partial charge in [0.1, 0.15) is 0 Å². The molecule has 0 spiro atoms. The van der Waals surface area contributed by atoms with E-state index in [2.05, 4.69) is 0 Å². The third kappa shape index (κ3) is 4.40. The van der Waals surface area contributed by atoms with Gasteiger partial charge in [-0.1, -0.05) is 11.8 Å². The van der Waals surface area contributed by atoms with Gasteiger partial charge in [0.25, 0.3) is 5.24 Å². The van der Waals surface area contributed by atoms with Crippen molar-refractivity contribution >= 4 is 17.0 Å². The monoisotopic (exact) mass is 233 g/mol. The highest BCUT2D eigenvalue weighted by molar-refractivity contribution is 8.13. The van der Waals surface area contributed by atoms with E-state index in [4.69, 9.17) is 9.47 Å². The van der Waals surface area contributed by atoms with Crippen molar-refractivity contribution in [1.29, 1.82) is 0 Å². The predicted molar refractivity (Wildman–Crippen MR) is 61.1 cm³/mol. The lowest BCUT2D eigenvalue weighted by molar-refractivity contribution is -0.140. The van der Waals surface area contributed by atoms with E-state index in [1.807, 2.05) is 18.7 Å². The topological polar surface area (TPSA) is 38.8 Å². The fraction of sp³-hybridized carbons (Fsp3) is 0.900. The molecule has 88 valence electrons. The summed E-state index contributed by atoms with van der Waals surface area (Å²) in [5, 5.41) is 0.182. The van der Waals surface area contributed by atoms with Gasteiger partial charge in [-0.15, -0.1) is 0 Å². The quantitative estimate of drug-likeness (QED) is 0.630. The van der Waals surface area contributed by atoms with Gasteiger partial charge in [-0.25, -0.2) is 0 Å². The second-order valence-corrected chi connectivity index (χ2v) is 4.28. The maximum Gasteiger partial charge on any atom is 0.281 e. The first kappa shape index (κ1) is 12.8. The molecule has 0 radical (unpaired) electrons. The van der Waals surface area contributed by atoms with Gasteiger partial charge in [-0.3, -0.25) is 4.79 Å². The Hall–Kier alpha value is -0.260. The summed E-state index contributed by atoms with van der Waals surface area (Å²) < 4.78 is 10.8. The van der Waals surface area contributed by atoms with E-state index in [1.54, 1.807) is 0 Å². The van der Waals surface area contributed by atoms with Crippen LogP contribution in [0.3, 0.4) is 0 Å². The van der Waals surface area contributed by atoms with Crippen LogP contribution in [0.2, 0.25) is 0 Å². The Bertz CT molecular complexity index is 195. The van der Waals surface area contributed by atoms with Crippen LogP contribution in [0.4, 0.5) is 4.79 Å². The normalized spacial score (nSPS) is 16.7. The molecule has 0 saturated carbocycles. The van der Waals surface area contributed by atoms with Crippen LogP contribution in [0.25, 0.3) is 0 Å². The number of hydrogen-bond donors (Lipinski definition) is 0. The third-order valence-electron chi connectivity index (χ3n) is 2.18. The molecular formula is C10H19NO3S. The van der Waals surface area contributed by atoms with Crippen molar-refractivity contribution in [2.75, 3.05) is 32.1 Å². The van der Waals surface area contributed by atoms with Crippen LogP contribution in [-0.4, -0.2) is 48.5 Å². The molecule has 1 saturated heterocycles. The smallest absolute Gasteiger partial charge is 0.281 e. The highest BCUT2D eigenvalue weighted by atomic mass is 32.2. The summed E-state index contributed by atoms with van der Waals surface area (Å²) in [4.78, 5) is 13.2. The number of amides is 1. The van der Waals surface area contributed by atoms with Crippen molar-refractivity contribution in [3.05, 3.63) is 0 Å². The molecule has 1 fully saturated rings. The molecule has 0 atom stereocenters. The van der Waals surface area contributed by atoms with Crippen molar-refractivity contribution in [1.82, 2.24) is 4.90 Å². The first-order valence-corrected chi connectivity index (χ1v) is 6.41. The fourth-order valence-electron chi connectivity index (χ4n) is 1.48. The Balaban J connectivity index is 2.22. The number of nitrogens with zero attached hydrogens (tertiary/aromatic N) is 1. The van der Waals surface area contributed by atoms with E-state index in [9.17, 15) is 4.79 Å². The van der Waals surface area contributed by atoms with Crippen LogP contribution in [-0.2, 0) is 9.47 Å². The average Bonchev–Trinajstić information content (AvgIpc) is 2.61. The fourth-order valence-corrected chi connectivity index (χ4v) is 2.33. The van der Waals surface area contributed by atoms with E-state index in [1.165, 1.54) is 11.8 Å². The Morgan fingerprint density at radius 2 is 2.07 bits per heavy atom. The average molecular weight is 233 g/mol. The maximum absolute atomic E-state index is 11.3. The molecule has 1 aliphatic heterocycles. The minimum absolute atomic E-state index is 0.168. The largest absolute Gasteiger partial charge is 0.353 e. The zero-order valence-corrected chi connectivity index (χ0v) is 10.2. The van der Waals surface area contributed by atoms with Gasteiger partial charge in [0.15, 0.2) is 6.29 Å². The van der Waals surface area contributed by atoms with E-state index in [0.717, 1.165) is 25.3 Å². The van der Waals surface area contributed by atoms with Crippen LogP contribution >= 0.6 is 11.8 Å². The first-order valence-electron chi connectivity index (χ1n) is 5.42. The standard InChI is InChI=1S/C10H19NO3S/c1-3-13-9(14-4-2)5-6-11-7-8-15-10(11)12/h9H,3-8H2,1-2H3. The van der Waals surface area contributed by atoms with E-state index in [-0.39, 0.29) is 11.5 Å². The number of carbonyl (C=O) groups excluding carboxylic acids is 1. The first-order chi connectivity index (χ1) is 7.27.